The Labute approximate surface area is 142 Å². The van der Waals surface area contributed by atoms with Gasteiger partial charge in [0.05, 0.1) is 20.0 Å². The van der Waals surface area contributed by atoms with Gasteiger partial charge in [-0.2, -0.15) is 0 Å². The molecule has 0 spiro atoms. The topological polar surface area (TPSA) is 66.9 Å². The van der Waals surface area contributed by atoms with Gasteiger partial charge in [0.1, 0.15) is 0 Å². The maximum atomic E-state index is 12.4. The Kier molecular flexibility index (Phi) is 6.35. The van der Waals surface area contributed by atoms with E-state index in [9.17, 15) is 14.4 Å². The monoisotopic (exact) mass is 332 g/mol. The van der Waals surface area contributed by atoms with Crippen molar-refractivity contribution >= 4 is 17.8 Å². The fourth-order valence-electron chi connectivity index (χ4n) is 2.78. The lowest BCUT2D eigenvalue weighted by Gasteiger charge is -2.35. The van der Waals surface area contributed by atoms with Gasteiger partial charge >= 0.3 is 5.97 Å². The minimum atomic E-state index is -0.379. The molecule has 2 rings (SSSR count). The average Bonchev–Trinajstić information content (AvgIpc) is 2.59. The Hall–Kier alpha value is -2.37. The summed E-state index contributed by atoms with van der Waals surface area (Å²) in [5.41, 5.74) is 2.15. The highest BCUT2D eigenvalue weighted by atomic mass is 16.5. The summed E-state index contributed by atoms with van der Waals surface area (Å²) >= 11 is 0. The highest BCUT2D eigenvalue weighted by molar-refractivity contribution is 5.82. The predicted octanol–water partition coefficient (Wildman–Crippen LogP) is 1.16. The van der Waals surface area contributed by atoms with Crippen molar-refractivity contribution in [2.45, 2.75) is 26.2 Å². The van der Waals surface area contributed by atoms with Crippen LogP contribution in [-0.2, 0) is 25.5 Å². The number of amides is 2. The molecule has 1 aromatic rings. The highest BCUT2D eigenvalue weighted by Crippen LogP contribution is 2.10. The van der Waals surface area contributed by atoms with Crippen LogP contribution in [0.15, 0.2) is 24.3 Å². The van der Waals surface area contributed by atoms with Crippen molar-refractivity contribution in [3.8, 4) is 0 Å². The zero-order valence-electron chi connectivity index (χ0n) is 14.3. The molecule has 1 aliphatic heterocycles. The van der Waals surface area contributed by atoms with Gasteiger partial charge in [-0.25, -0.2) is 0 Å². The van der Waals surface area contributed by atoms with Gasteiger partial charge in [0, 0.05) is 32.6 Å². The molecule has 1 heterocycles. The summed E-state index contributed by atoms with van der Waals surface area (Å²) in [7, 11) is 1.31. The van der Waals surface area contributed by atoms with Gasteiger partial charge in [-0.15, -0.1) is 0 Å². The quantitative estimate of drug-likeness (QED) is 0.759. The molecule has 0 saturated carbocycles. The number of hydrogen-bond acceptors (Lipinski definition) is 4. The van der Waals surface area contributed by atoms with Crippen molar-refractivity contribution in [3.63, 3.8) is 0 Å². The lowest BCUT2D eigenvalue weighted by molar-refractivity contribution is -0.144. The molecular formula is C18H24N2O4. The first-order valence-corrected chi connectivity index (χ1v) is 8.17. The summed E-state index contributed by atoms with van der Waals surface area (Å²) in [5.74, 6) is -0.358. The molecule has 1 aromatic carbocycles. The summed E-state index contributed by atoms with van der Waals surface area (Å²) in [6.07, 6.45) is 0.643. The van der Waals surface area contributed by atoms with Gasteiger partial charge in [0.15, 0.2) is 0 Å². The van der Waals surface area contributed by atoms with Gasteiger partial charge in [-0.1, -0.05) is 29.8 Å². The minimum absolute atomic E-state index is 0.0637. The lowest BCUT2D eigenvalue weighted by atomic mass is 10.1. The van der Waals surface area contributed by atoms with Crippen LogP contribution >= 0.6 is 0 Å². The van der Waals surface area contributed by atoms with E-state index in [1.54, 1.807) is 9.80 Å². The van der Waals surface area contributed by atoms with E-state index in [0.717, 1.165) is 11.1 Å². The fourth-order valence-corrected chi connectivity index (χ4v) is 2.78. The molecule has 0 radical (unpaired) electrons. The molecule has 2 amide bonds. The van der Waals surface area contributed by atoms with Gasteiger partial charge in [-0.3, -0.25) is 14.4 Å². The molecule has 6 nitrogen and oxygen atoms in total. The fraction of sp³-hybridized carbons (Fsp3) is 0.500. The van der Waals surface area contributed by atoms with Crippen LogP contribution < -0.4 is 0 Å². The van der Waals surface area contributed by atoms with E-state index in [1.807, 2.05) is 31.2 Å². The Bertz CT molecular complexity index is 607. The van der Waals surface area contributed by atoms with Crippen molar-refractivity contribution in [1.82, 2.24) is 9.80 Å². The number of rotatable bonds is 5. The molecular weight excluding hydrogens is 308 g/mol. The normalized spacial score (nSPS) is 14.4. The van der Waals surface area contributed by atoms with Crippen LogP contribution in [0.1, 0.15) is 24.0 Å². The lowest BCUT2D eigenvalue weighted by Crippen LogP contribution is -2.51. The van der Waals surface area contributed by atoms with E-state index in [4.69, 9.17) is 0 Å². The van der Waals surface area contributed by atoms with Crippen LogP contribution in [0.4, 0.5) is 0 Å². The van der Waals surface area contributed by atoms with Gasteiger partial charge in [0.2, 0.25) is 11.8 Å². The molecule has 0 atom stereocenters. The smallest absolute Gasteiger partial charge is 0.306 e. The van der Waals surface area contributed by atoms with Crippen LogP contribution in [0.25, 0.3) is 0 Å². The Morgan fingerprint density at radius 3 is 2.21 bits per heavy atom. The first-order valence-electron chi connectivity index (χ1n) is 8.17. The van der Waals surface area contributed by atoms with Crippen LogP contribution in [0.3, 0.4) is 0 Å². The standard InChI is InChI=1S/C18H24N2O4/c1-14-4-3-5-15(12-14)13-17(22)20-10-8-19(9-11-20)16(21)6-7-18(23)24-2/h3-5,12H,6-11,13H2,1-2H3. The largest absolute Gasteiger partial charge is 0.469 e. The van der Waals surface area contributed by atoms with Crippen molar-refractivity contribution in [3.05, 3.63) is 35.4 Å². The van der Waals surface area contributed by atoms with Crippen LogP contribution in [0.5, 0.6) is 0 Å². The summed E-state index contributed by atoms with van der Waals surface area (Å²) < 4.78 is 4.54. The predicted molar refractivity (Wildman–Crippen MR) is 89.3 cm³/mol. The van der Waals surface area contributed by atoms with Crippen molar-refractivity contribution in [1.29, 1.82) is 0 Å². The molecule has 1 aliphatic rings. The molecule has 0 aliphatic carbocycles. The van der Waals surface area contributed by atoms with E-state index in [-0.39, 0.29) is 30.6 Å². The second-order valence-corrected chi connectivity index (χ2v) is 6.00. The maximum absolute atomic E-state index is 12.4. The molecule has 1 saturated heterocycles. The third kappa shape index (κ3) is 5.08. The van der Waals surface area contributed by atoms with Crippen LogP contribution in [0.2, 0.25) is 0 Å². The Morgan fingerprint density at radius 2 is 1.62 bits per heavy atom. The number of nitrogens with zero attached hydrogens (tertiary/aromatic N) is 2. The van der Waals surface area contributed by atoms with Crippen molar-refractivity contribution in [2.24, 2.45) is 0 Å². The van der Waals surface area contributed by atoms with E-state index in [1.165, 1.54) is 7.11 Å². The number of benzene rings is 1. The summed E-state index contributed by atoms with van der Waals surface area (Å²) in [5, 5.41) is 0. The average molecular weight is 332 g/mol. The molecule has 1 fully saturated rings. The second kappa shape index (κ2) is 8.47. The van der Waals surface area contributed by atoms with Crippen molar-refractivity contribution in [2.75, 3.05) is 33.3 Å². The van der Waals surface area contributed by atoms with Gasteiger partial charge < -0.3 is 14.5 Å². The Morgan fingerprint density at radius 1 is 1.00 bits per heavy atom. The number of carbonyl (C=O) groups is 3. The van der Waals surface area contributed by atoms with Crippen LogP contribution in [-0.4, -0.2) is 60.9 Å². The molecule has 0 unspecified atom stereocenters. The number of esters is 1. The number of carbonyl (C=O) groups excluding carboxylic acids is 3. The van der Waals surface area contributed by atoms with Crippen LogP contribution in [0, 0.1) is 6.92 Å². The molecule has 130 valence electrons. The zero-order chi connectivity index (χ0) is 17.5. The third-order valence-electron chi connectivity index (χ3n) is 4.19. The molecule has 6 heteroatoms. The number of piperazine rings is 1. The SMILES string of the molecule is COC(=O)CCC(=O)N1CCN(C(=O)Cc2cccc(C)c2)CC1. The Balaban J connectivity index is 1.78. The van der Waals surface area contributed by atoms with E-state index < -0.39 is 0 Å². The summed E-state index contributed by atoms with van der Waals surface area (Å²) in [6, 6.07) is 7.94. The van der Waals surface area contributed by atoms with Gasteiger partial charge in [0.25, 0.3) is 0 Å². The number of methoxy groups -OCH3 is 1. The van der Waals surface area contributed by atoms with E-state index in [2.05, 4.69) is 4.74 Å². The molecule has 0 bridgehead atoms. The zero-order valence-corrected chi connectivity index (χ0v) is 14.3. The number of hydrogen-bond donors (Lipinski definition) is 0. The first-order chi connectivity index (χ1) is 11.5. The maximum Gasteiger partial charge on any atom is 0.306 e. The van der Waals surface area contributed by atoms with E-state index in [0.29, 0.717) is 32.6 Å². The number of aryl methyl sites for hydroxylation is 1. The first kappa shape index (κ1) is 18.0. The number of ether oxygens (including phenoxy) is 1. The highest BCUT2D eigenvalue weighted by Gasteiger charge is 2.24. The molecule has 0 aromatic heterocycles. The summed E-state index contributed by atoms with van der Waals surface area (Å²) in [6.45, 7) is 4.11. The third-order valence-corrected chi connectivity index (χ3v) is 4.19. The van der Waals surface area contributed by atoms with Crippen molar-refractivity contribution < 1.29 is 19.1 Å². The summed E-state index contributed by atoms with van der Waals surface area (Å²) in [4.78, 5) is 39.0. The second-order valence-electron chi connectivity index (χ2n) is 6.00. The molecule has 0 N–H and O–H groups in total. The minimum Gasteiger partial charge on any atom is -0.469 e. The van der Waals surface area contributed by atoms with E-state index >= 15 is 0 Å². The van der Waals surface area contributed by atoms with Gasteiger partial charge in [-0.05, 0) is 12.5 Å². The molecule has 24 heavy (non-hydrogen) atoms.